The van der Waals surface area contributed by atoms with Crippen molar-refractivity contribution in [1.29, 1.82) is 0 Å². The molecule has 27 heavy (non-hydrogen) atoms. The van der Waals surface area contributed by atoms with Gasteiger partial charge in [-0.25, -0.2) is 0 Å². The van der Waals surface area contributed by atoms with Crippen LogP contribution in [0.5, 0.6) is 0 Å². The largest absolute Gasteiger partial charge is 0.385 e. The van der Waals surface area contributed by atoms with Crippen molar-refractivity contribution in [1.82, 2.24) is 10.3 Å². The van der Waals surface area contributed by atoms with Crippen LogP contribution in [-0.4, -0.2) is 49.6 Å². The third kappa shape index (κ3) is 4.68. The molecule has 0 amide bonds. The van der Waals surface area contributed by atoms with Gasteiger partial charge in [-0.2, -0.15) is 0 Å². The molecule has 0 bridgehead atoms. The molecule has 1 aliphatic heterocycles. The second-order valence-corrected chi connectivity index (χ2v) is 7.25. The molecule has 1 aliphatic rings. The number of nitrogens with one attached hydrogen (secondary N) is 1. The summed E-state index contributed by atoms with van der Waals surface area (Å²) in [5, 5.41) is 15.8. The lowest BCUT2D eigenvalue weighted by Crippen LogP contribution is -2.51. The van der Waals surface area contributed by atoms with Gasteiger partial charge in [0, 0.05) is 55.3 Å². The van der Waals surface area contributed by atoms with Crippen molar-refractivity contribution in [2.45, 2.75) is 31.0 Å². The van der Waals surface area contributed by atoms with E-state index in [2.05, 4.69) is 10.3 Å². The van der Waals surface area contributed by atoms with Gasteiger partial charge in [0.15, 0.2) is 0 Å². The fourth-order valence-electron chi connectivity index (χ4n) is 3.67. The van der Waals surface area contributed by atoms with E-state index in [1.807, 2.05) is 30.3 Å². The number of benzene rings is 1. The predicted octanol–water partition coefficient (Wildman–Crippen LogP) is 3.39. The molecular weight excluding hydrogens is 364 g/mol. The van der Waals surface area contributed by atoms with Gasteiger partial charge in [-0.3, -0.25) is 4.98 Å². The standard InChI is InChI=1S/C21H27ClN2O3/c1-26-12-3-2-9-21(25,19-15-24-11-13-27-19)17-7-4-8-18(22)20(17)16-6-5-10-23-14-16/h4-8,10,14,19,24-25H,2-3,9,11-13,15H2,1H3/t19-,21?/m1/s1. The number of ether oxygens (including phenoxy) is 2. The summed E-state index contributed by atoms with van der Waals surface area (Å²) in [6.07, 6.45) is 5.42. The molecule has 1 saturated heterocycles. The molecule has 0 spiro atoms. The van der Waals surface area contributed by atoms with E-state index < -0.39 is 5.60 Å². The van der Waals surface area contributed by atoms with Gasteiger partial charge < -0.3 is 19.9 Å². The minimum atomic E-state index is -1.16. The van der Waals surface area contributed by atoms with Crippen molar-refractivity contribution >= 4 is 11.6 Å². The number of nitrogens with zero attached hydrogens (tertiary/aromatic N) is 1. The summed E-state index contributed by atoms with van der Waals surface area (Å²) in [4.78, 5) is 4.22. The highest BCUT2D eigenvalue weighted by atomic mass is 35.5. The first kappa shape index (κ1) is 20.2. The van der Waals surface area contributed by atoms with Gasteiger partial charge in [0.1, 0.15) is 11.7 Å². The predicted molar refractivity (Wildman–Crippen MR) is 107 cm³/mol. The molecule has 5 nitrogen and oxygen atoms in total. The second kappa shape index (κ2) is 9.62. The quantitative estimate of drug-likeness (QED) is 0.676. The first-order valence-electron chi connectivity index (χ1n) is 9.40. The maximum Gasteiger partial charge on any atom is 0.118 e. The number of pyridine rings is 1. The minimum Gasteiger partial charge on any atom is -0.385 e. The molecule has 2 heterocycles. The first-order chi connectivity index (χ1) is 13.2. The topological polar surface area (TPSA) is 63.6 Å². The van der Waals surface area contributed by atoms with E-state index in [0.29, 0.717) is 31.2 Å². The normalized spacial score (nSPS) is 19.6. The van der Waals surface area contributed by atoms with Crippen LogP contribution in [0.1, 0.15) is 24.8 Å². The summed E-state index contributed by atoms with van der Waals surface area (Å²) in [7, 11) is 1.69. The van der Waals surface area contributed by atoms with Crippen molar-refractivity contribution in [2.24, 2.45) is 0 Å². The van der Waals surface area contributed by atoms with Crippen molar-refractivity contribution in [3.63, 3.8) is 0 Å². The van der Waals surface area contributed by atoms with Crippen LogP contribution in [0.4, 0.5) is 0 Å². The van der Waals surface area contributed by atoms with Crippen LogP contribution >= 0.6 is 11.6 Å². The molecule has 2 aromatic rings. The number of hydrogen-bond donors (Lipinski definition) is 2. The molecule has 146 valence electrons. The molecule has 0 aliphatic carbocycles. The zero-order chi connectivity index (χ0) is 19.1. The van der Waals surface area contributed by atoms with Crippen LogP contribution in [0.15, 0.2) is 42.7 Å². The lowest BCUT2D eigenvalue weighted by Gasteiger charge is -2.40. The van der Waals surface area contributed by atoms with Crippen LogP contribution in [0, 0.1) is 0 Å². The molecule has 2 atom stereocenters. The molecule has 1 aromatic heterocycles. The summed E-state index contributed by atoms with van der Waals surface area (Å²) in [5.41, 5.74) is 1.33. The van der Waals surface area contributed by atoms with Crippen LogP contribution in [0.2, 0.25) is 5.02 Å². The van der Waals surface area contributed by atoms with Gasteiger partial charge in [-0.05, 0) is 37.0 Å². The minimum absolute atomic E-state index is 0.345. The van der Waals surface area contributed by atoms with Gasteiger partial charge in [-0.15, -0.1) is 0 Å². The average molecular weight is 391 g/mol. The second-order valence-electron chi connectivity index (χ2n) is 6.84. The average Bonchev–Trinajstić information content (AvgIpc) is 2.72. The third-order valence-corrected chi connectivity index (χ3v) is 5.36. The zero-order valence-corrected chi connectivity index (χ0v) is 16.4. The van der Waals surface area contributed by atoms with Gasteiger partial charge >= 0.3 is 0 Å². The van der Waals surface area contributed by atoms with E-state index in [1.165, 1.54) is 0 Å². The van der Waals surface area contributed by atoms with Gasteiger partial charge in [0.05, 0.1) is 6.61 Å². The summed E-state index contributed by atoms with van der Waals surface area (Å²) < 4.78 is 11.1. The van der Waals surface area contributed by atoms with Crippen LogP contribution in [-0.2, 0) is 15.1 Å². The molecule has 1 fully saturated rings. The number of rotatable bonds is 8. The van der Waals surface area contributed by atoms with E-state index in [1.54, 1.807) is 19.5 Å². The molecule has 1 unspecified atom stereocenters. The lowest BCUT2D eigenvalue weighted by molar-refractivity contribution is -0.129. The molecule has 1 aromatic carbocycles. The molecular formula is C21H27ClN2O3. The Labute approximate surface area is 165 Å². The Balaban J connectivity index is 2.02. The lowest BCUT2D eigenvalue weighted by atomic mass is 9.79. The molecule has 0 radical (unpaired) electrons. The number of aromatic nitrogens is 1. The maximum atomic E-state index is 11.9. The van der Waals surface area contributed by atoms with Crippen molar-refractivity contribution < 1.29 is 14.6 Å². The Morgan fingerprint density at radius 3 is 2.93 bits per heavy atom. The first-order valence-corrected chi connectivity index (χ1v) is 9.77. The molecule has 2 N–H and O–H groups in total. The molecule has 3 rings (SSSR count). The number of morpholine rings is 1. The Morgan fingerprint density at radius 2 is 2.22 bits per heavy atom. The highest BCUT2D eigenvalue weighted by Crippen LogP contribution is 2.42. The number of aliphatic hydroxyl groups is 1. The molecule has 0 saturated carbocycles. The van der Waals surface area contributed by atoms with Crippen LogP contribution < -0.4 is 5.32 Å². The highest BCUT2D eigenvalue weighted by molar-refractivity contribution is 6.33. The van der Waals surface area contributed by atoms with Crippen LogP contribution in [0.25, 0.3) is 11.1 Å². The summed E-state index contributed by atoms with van der Waals surface area (Å²) in [6, 6.07) is 9.51. The van der Waals surface area contributed by atoms with E-state index in [0.717, 1.165) is 36.1 Å². The number of halogens is 1. The van der Waals surface area contributed by atoms with Gasteiger partial charge in [0.25, 0.3) is 0 Å². The van der Waals surface area contributed by atoms with Crippen molar-refractivity contribution in [2.75, 3.05) is 33.4 Å². The third-order valence-electron chi connectivity index (χ3n) is 5.05. The van der Waals surface area contributed by atoms with Crippen molar-refractivity contribution in [3.8, 4) is 11.1 Å². The maximum absolute atomic E-state index is 11.9. The zero-order valence-electron chi connectivity index (χ0n) is 15.7. The van der Waals surface area contributed by atoms with E-state index in [9.17, 15) is 5.11 Å². The number of methoxy groups -OCH3 is 1. The van der Waals surface area contributed by atoms with Gasteiger partial charge in [0.2, 0.25) is 0 Å². The summed E-state index contributed by atoms with van der Waals surface area (Å²) in [5.74, 6) is 0. The van der Waals surface area contributed by atoms with E-state index in [-0.39, 0.29) is 6.10 Å². The Kier molecular flexibility index (Phi) is 7.21. The number of unbranched alkanes of at least 4 members (excludes halogenated alkanes) is 1. The van der Waals surface area contributed by atoms with E-state index >= 15 is 0 Å². The van der Waals surface area contributed by atoms with Crippen LogP contribution in [0.3, 0.4) is 0 Å². The van der Waals surface area contributed by atoms with E-state index in [4.69, 9.17) is 21.1 Å². The van der Waals surface area contributed by atoms with Crippen molar-refractivity contribution in [3.05, 3.63) is 53.3 Å². The smallest absolute Gasteiger partial charge is 0.118 e. The fourth-order valence-corrected chi connectivity index (χ4v) is 3.95. The number of hydrogen-bond acceptors (Lipinski definition) is 5. The molecule has 6 heteroatoms. The van der Waals surface area contributed by atoms with Gasteiger partial charge in [-0.1, -0.05) is 29.8 Å². The Morgan fingerprint density at radius 1 is 1.33 bits per heavy atom. The fraction of sp³-hybridized carbons (Fsp3) is 0.476. The summed E-state index contributed by atoms with van der Waals surface area (Å²) >= 11 is 6.58. The monoisotopic (exact) mass is 390 g/mol. The Hall–Kier alpha value is -1.50. The SMILES string of the molecule is COCCCCC(O)(c1cccc(Cl)c1-c1cccnc1)[C@H]1CNCCO1. The highest BCUT2D eigenvalue weighted by Gasteiger charge is 2.41. The Bertz CT molecular complexity index is 723. The summed E-state index contributed by atoms with van der Waals surface area (Å²) in [6.45, 7) is 2.64.